The maximum atomic E-state index is 5.91. The van der Waals surface area contributed by atoms with Gasteiger partial charge in [0.25, 0.3) is 0 Å². The van der Waals surface area contributed by atoms with E-state index < -0.39 is 8.80 Å². The van der Waals surface area contributed by atoms with Crippen molar-refractivity contribution in [2.75, 3.05) is 24.2 Å². The highest BCUT2D eigenvalue weighted by Crippen LogP contribution is 2.21. The monoisotopic (exact) mass is 486 g/mol. The summed E-state index contributed by atoms with van der Waals surface area (Å²) in [7, 11) is -2.40. The average molecular weight is 487 g/mol. The van der Waals surface area contributed by atoms with Crippen LogP contribution >= 0.6 is 22.6 Å². The molecule has 0 aromatic rings. The van der Waals surface area contributed by atoms with Crippen LogP contribution in [0.5, 0.6) is 0 Å². The minimum atomic E-state index is -2.40. The van der Waals surface area contributed by atoms with Gasteiger partial charge in [0.1, 0.15) is 0 Å². The molecule has 0 fully saturated rings. The van der Waals surface area contributed by atoms with E-state index in [9.17, 15) is 0 Å². The van der Waals surface area contributed by atoms with Crippen LogP contribution in [0.25, 0.3) is 0 Å². The topological polar surface area (TPSA) is 27.7 Å². The lowest BCUT2D eigenvalue weighted by atomic mass is 10.1. The van der Waals surface area contributed by atoms with E-state index in [0.29, 0.717) is 19.8 Å². The summed E-state index contributed by atoms with van der Waals surface area (Å²) in [6.45, 7) is 8.15. The molecule has 0 rings (SSSR count). The summed E-state index contributed by atoms with van der Waals surface area (Å²) >= 11 is 2.48. The molecule has 0 unspecified atom stereocenters. The lowest BCUT2D eigenvalue weighted by Gasteiger charge is -2.28. The van der Waals surface area contributed by atoms with E-state index >= 15 is 0 Å². The molecule has 3 nitrogen and oxygen atoms in total. The van der Waals surface area contributed by atoms with Crippen LogP contribution in [-0.4, -0.2) is 33.1 Å². The Morgan fingerprint density at radius 2 is 0.840 bits per heavy atom. The Hall–Kier alpha value is 0.827. The van der Waals surface area contributed by atoms with E-state index in [1.54, 1.807) is 0 Å². The van der Waals surface area contributed by atoms with E-state index in [1.807, 2.05) is 20.8 Å². The zero-order valence-electron chi connectivity index (χ0n) is 17.1. The standard InChI is InChI=1S/C20H43IO3Si/c1-4-22-25(23-5-2,24-6-3)20-18-16-14-12-10-8-7-9-11-13-15-17-19-21/h4-20H2,1-3H3. The molecule has 0 N–H and O–H groups in total. The van der Waals surface area contributed by atoms with Gasteiger partial charge in [-0.3, -0.25) is 0 Å². The molecule has 0 saturated heterocycles. The Labute approximate surface area is 172 Å². The molecule has 0 aromatic carbocycles. The number of hydrogen-bond acceptors (Lipinski definition) is 3. The predicted molar refractivity (Wildman–Crippen MR) is 120 cm³/mol. The molecular formula is C20H43IO3Si. The molecule has 25 heavy (non-hydrogen) atoms. The molecule has 5 heteroatoms. The van der Waals surface area contributed by atoms with Crippen molar-refractivity contribution in [2.45, 2.75) is 104 Å². The van der Waals surface area contributed by atoms with Gasteiger partial charge in [-0.05, 0) is 38.0 Å². The van der Waals surface area contributed by atoms with E-state index in [4.69, 9.17) is 13.3 Å². The quantitative estimate of drug-likeness (QED) is 0.0792. The minimum absolute atomic E-state index is 0.685. The highest BCUT2D eigenvalue weighted by atomic mass is 127. The average Bonchev–Trinajstić information content (AvgIpc) is 2.60. The van der Waals surface area contributed by atoms with Crippen molar-refractivity contribution >= 4 is 31.4 Å². The molecule has 0 aliphatic rings. The van der Waals surface area contributed by atoms with Gasteiger partial charge in [-0.25, -0.2) is 0 Å². The summed E-state index contributed by atoms with van der Waals surface area (Å²) in [4.78, 5) is 0. The van der Waals surface area contributed by atoms with Crippen LogP contribution in [0.2, 0.25) is 6.04 Å². The first-order valence-corrected chi connectivity index (χ1v) is 14.2. The van der Waals surface area contributed by atoms with Gasteiger partial charge >= 0.3 is 8.80 Å². The molecular weight excluding hydrogens is 443 g/mol. The van der Waals surface area contributed by atoms with Crippen molar-refractivity contribution in [3.63, 3.8) is 0 Å². The minimum Gasteiger partial charge on any atom is -0.374 e. The van der Waals surface area contributed by atoms with Crippen molar-refractivity contribution in [1.82, 2.24) is 0 Å². The molecule has 0 bridgehead atoms. The zero-order chi connectivity index (χ0) is 18.6. The van der Waals surface area contributed by atoms with E-state index in [-0.39, 0.29) is 0 Å². The number of rotatable bonds is 20. The van der Waals surface area contributed by atoms with Gasteiger partial charge in [0, 0.05) is 25.9 Å². The van der Waals surface area contributed by atoms with Crippen molar-refractivity contribution in [3.8, 4) is 0 Å². The van der Waals surface area contributed by atoms with Crippen LogP contribution in [-0.2, 0) is 13.3 Å². The Balaban J connectivity index is 3.56. The third-order valence-corrected chi connectivity index (χ3v) is 8.37. The predicted octanol–water partition coefficient (Wildman–Crippen LogP) is 7.15. The van der Waals surface area contributed by atoms with Crippen LogP contribution in [0, 0.1) is 0 Å². The van der Waals surface area contributed by atoms with Gasteiger partial charge < -0.3 is 13.3 Å². The summed E-state index contributed by atoms with van der Waals surface area (Å²) in [5, 5.41) is 0. The number of halogens is 1. The highest BCUT2D eigenvalue weighted by molar-refractivity contribution is 14.1. The van der Waals surface area contributed by atoms with E-state index in [2.05, 4.69) is 22.6 Å². The van der Waals surface area contributed by atoms with Gasteiger partial charge in [0.05, 0.1) is 0 Å². The number of alkyl halides is 1. The Bertz CT molecular complexity index is 250. The lowest BCUT2D eigenvalue weighted by Crippen LogP contribution is -2.45. The summed E-state index contributed by atoms with van der Waals surface area (Å²) in [5.41, 5.74) is 0. The Morgan fingerprint density at radius 1 is 0.520 bits per heavy atom. The Morgan fingerprint density at radius 3 is 1.16 bits per heavy atom. The van der Waals surface area contributed by atoms with Gasteiger partial charge in [-0.1, -0.05) is 86.8 Å². The Kier molecular flexibility index (Phi) is 20.2. The molecule has 0 radical (unpaired) electrons. The maximum Gasteiger partial charge on any atom is 0.500 e. The number of unbranched alkanes of at least 4 members (excludes halogenated alkanes) is 11. The first-order chi connectivity index (χ1) is 12.2. The lowest BCUT2D eigenvalue weighted by molar-refractivity contribution is 0.0706. The molecule has 0 aliphatic carbocycles. The molecule has 0 aliphatic heterocycles. The first kappa shape index (κ1) is 25.8. The van der Waals surface area contributed by atoms with Crippen LogP contribution in [0.4, 0.5) is 0 Å². The normalized spacial score (nSPS) is 12.0. The summed E-state index contributed by atoms with van der Waals surface area (Å²) in [6, 6.07) is 0.972. The van der Waals surface area contributed by atoms with E-state index in [0.717, 1.165) is 6.04 Å². The fraction of sp³-hybridized carbons (Fsp3) is 1.00. The van der Waals surface area contributed by atoms with Gasteiger partial charge in [0.15, 0.2) is 0 Å². The third-order valence-electron chi connectivity index (χ3n) is 4.46. The smallest absolute Gasteiger partial charge is 0.374 e. The fourth-order valence-electron chi connectivity index (χ4n) is 3.21. The molecule has 0 spiro atoms. The van der Waals surface area contributed by atoms with Gasteiger partial charge in [-0.2, -0.15) is 0 Å². The molecule has 0 saturated carbocycles. The third kappa shape index (κ3) is 15.6. The van der Waals surface area contributed by atoms with Gasteiger partial charge in [-0.15, -0.1) is 0 Å². The SMILES string of the molecule is CCO[Si](CCCCCCCCCCCCCCI)(OCC)OCC. The summed E-state index contributed by atoms with van der Waals surface area (Å²) in [6.07, 6.45) is 16.6. The molecule has 152 valence electrons. The van der Waals surface area contributed by atoms with Crippen LogP contribution in [0.3, 0.4) is 0 Å². The fourth-order valence-corrected chi connectivity index (χ4v) is 6.43. The van der Waals surface area contributed by atoms with E-state index in [1.165, 1.54) is 81.5 Å². The second-order valence-corrected chi connectivity index (χ2v) is 10.5. The van der Waals surface area contributed by atoms with Gasteiger partial charge in [0.2, 0.25) is 0 Å². The second kappa shape index (κ2) is 19.6. The summed E-state index contributed by atoms with van der Waals surface area (Å²) in [5.74, 6) is 0. The largest absolute Gasteiger partial charge is 0.500 e. The van der Waals surface area contributed by atoms with Crippen molar-refractivity contribution in [2.24, 2.45) is 0 Å². The number of hydrogen-bond donors (Lipinski definition) is 0. The van der Waals surface area contributed by atoms with Crippen molar-refractivity contribution in [1.29, 1.82) is 0 Å². The molecule has 0 amide bonds. The molecule has 0 atom stereocenters. The maximum absolute atomic E-state index is 5.91. The van der Waals surface area contributed by atoms with Crippen LogP contribution < -0.4 is 0 Å². The van der Waals surface area contributed by atoms with Crippen LogP contribution in [0.1, 0.15) is 97.8 Å². The molecule has 0 heterocycles. The van der Waals surface area contributed by atoms with Crippen molar-refractivity contribution in [3.05, 3.63) is 0 Å². The second-order valence-electron chi connectivity index (χ2n) is 6.66. The highest BCUT2D eigenvalue weighted by Gasteiger charge is 2.39. The summed E-state index contributed by atoms with van der Waals surface area (Å²) < 4.78 is 19.1. The van der Waals surface area contributed by atoms with Crippen molar-refractivity contribution < 1.29 is 13.3 Å². The van der Waals surface area contributed by atoms with Crippen LogP contribution in [0.15, 0.2) is 0 Å². The zero-order valence-corrected chi connectivity index (χ0v) is 20.3. The molecule has 0 aromatic heterocycles. The first-order valence-electron chi connectivity index (χ1n) is 10.7.